The van der Waals surface area contributed by atoms with Gasteiger partial charge >= 0.3 is 0 Å². The summed E-state index contributed by atoms with van der Waals surface area (Å²) >= 11 is 0. The van der Waals surface area contributed by atoms with Crippen molar-refractivity contribution in [3.63, 3.8) is 0 Å². The van der Waals surface area contributed by atoms with Crippen LogP contribution in [0.25, 0.3) is 0 Å². The largest absolute Gasteiger partial charge is 0.493 e. The van der Waals surface area contributed by atoms with Crippen LogP contribution in [0.4, 0.5) is 5.69 Å². The van der Waals surface area contributed by atoms with Gasteiger partial charge in [-0.05, 0) is 23.8 Å². The van der Waals surface area contributed by atoms with Crippen LogP contribution in [0.3, 0.4) is 0 Å². The van der Waals surface area contributed by atoms with E-state index in [4.69, 9.17) is 15.2 Å². The number of nitrogens with two attached hydrogens (primary N) is 1. The summed E-state index contributed by atoms with van der Waals surface area (Å²) in [5, 5.41) is 13.6. The minimum atomic E-state index is -3.88. The highest BCUT2D eigenvalue weighted by Gasteiger charge is 2.16. The lowest BCUT2D eigenvalue weighted by Gasteiger charge is -2.10. The van der Waals surface area contributed by atoms with Gasteiger partial charge in [0.15, 0.2) is 17.5 Å². The highest BCUT2D eigenvalue weighted by atomic mass is 32.2. The maximum absolute atomic E-state index is 12.2. The van der Waals surface area contributed by atoms with Gasteiger partial charge in [-0.2, -0.15) is 0 Å². The van der Waals surface area contributed by atoms with Crippen molar-refractivity contribution in [1.82, 2.24) is 10.0 Å². The van der Waals surface area contributed by atoms with Crippen LogP contribution in [0.1, 0.15) is 5.56 Å². The van der Waals surface area contributed by atoms with Crippen LogP contribution in [0.2, 0.25) is 0 Å². The van der Waals surface area contributed by atoms with Gasteiger partial charge in [-0.3, -0.25) is 10.1 Å². The Labute approximate surface area is 174 Å². The van der Waals surface area contributed by atoms with E-state index in [1.807, 2.05) is 6.07 Å². The fourth-order valence-corrected chi connectivity index (χ4v) is 3.51. The third kappa shape index (κ3) is 6.32. The lowest BCUT2D eigenvalue weighted by Crippen LogP contribution is -2.38. The third-order valence-electron chi connectivity index (χ3n) is 3.94. The summed E-state index contributed by atoms with van der Waals surface area (Å²) in [7, 11) is -0.801. The molecule has 0 saturated heterocycles. The van der Waals surface area contributed by atoms with E-state index in [0.717, 1.165) is 11.6 Å². The molecule has 30 heavy (non-hydrogen) atoms. The molecule has 2 aromatic rings. The second kappa shape index (κ2) is 10.4. The van der Waals surface area contributed by atoms with Gasteiger partial charge < -0.3 is 20.5 Å². The number of nitro benzene ring substituents is 1. The molecule has 0 spiro atoms. The smallest absolute Gasteiger partial charge is 0.270 e. The Morgan fingerprint density at radius 2 is 1.87 bits per heavy atom. The number of guanidine groups is 1. The van der Waals surface area contributed by atoms with Crippen LogP contribution in [0.5, 0.6) is 11.5 Å². The molecule has 0 atom stereocenters. The predicted octanol–water partition coefficient (Wildman–Crippen LogP) is 0.995. The number of rotatable bonds is 10. The summed E-state index contributed by atoms with van der Waals surface area (Å²) in [4.78, 5) is 14.1. The van der Waals surface area contributed by atoms with E-state index in [9.17, 15) is 18.5 Å². The van der Waals surface area contributed by atoms with Gasteiger partial charge in [-0.1, -0.05) is 12.1 Å². The molecule has 0 aliphatic rings. The standard InChI is InChI=1S/C18H23N5O6S/c1-28-16-7-6-13(10-17(16)29-2)12-21-18(19)20-8-9-22-30(26,27)15-5-3-4-14(11-15)23(24)25/h3-7,10-11,22H,8-9,12H2,1-2H3,(H3,19,20,21). The molecular formula is C18H23N5O6S. The SMILES string of the molecule is COc1ccc(CN=C(N)NCCNS(=O)(=O)c2cccc([N+](=O)[O-])c2)cc1OC. The summed E-state index contributed by atoms with van der Waals surface area (Å²) in [6.45, 7) is 0.478. The first-order valence-electron chi connectivity index (χ1n) is 8.75. The quantitative estimate of drug-likeness (QED) is 0.163. The van der Waals surface area contributed by atoms with Gasteiger partial charge in [0, 0.05) is 25.2 Å². The summed E-state index contributed by atoms with van der Waals surface area (Å²) in [6.07, 6.45) is 0. The first kappa shape index (κ1) is 22.9. The van der Waals surface area contributed by atoms with Gasteiger partial charge in [0.1, 0.15) is 0 Å². The Morgan fingerprint density at radius 3 is 2.53 bits per heavy atom. The Hall–Kier alpha value is -3.38. The summed E-state index contributed by atoms with van der Waals surface area (Å²) in [5.41, 5.74) is 6.34. The number of sulfonamides is 1. The van der Waals surface area contributed by atoms with Gasteiger partial charge in [-0.25, -0.2) is 18.1 Å². The lowest BCUT2D eigenvalue weighted by molar-refractivity contribution is -0.385. The van der Waals surface area contributed by atoms with Crippen LogP contribution in [-0.2, 0) is 16.6 Å². The molecule has 0 unspecified atom stereocenters. The third-order valence-corrected chi connectivity index (χ3v) is 5.40. The fourth-order valence-electron chi connectivity index (χ4n) is 2.43. The summed E-state index contributed by atoms with van der Waals surface area (Å²) in [6, 6.07) is 10.2. The topological polar surface area (TPSA) is 158 Å². The average molecular weight is 437 g/mol. The van der Waals surface area contributed by atoms with Crippen LogP contribution < -0.4 is 25.2 Å². The Balaban J connectivity index is 1.86. The van der Waals surface area contributed by atoms with Crippen molar-refractivity contribution >= 4 is 21.7 Å². The minimum absolute atomic E-state index is 0.0115. The highest BCUT2D eigenvalue weighted by Crippen LogP contribution is 2.27. The average Bonchev–Trinajstić information content (AvgIpc) is 2.75. The number of ether oxygens (including phenoxy) is 2. The number of nitro groups is 1. The van der Waals surface area contributed by atoms with Crippen molar-refractivity contribution < 1.29 is 22.8 Å². The van der Waals surface area contributed by atoms with Crippen molar-refractivity contribution in [1.29, 1.82) is 0 Å². The number of benzene rings is 2. The molecule has 4 N–H and O–H groups in total. The van der Waals surface area contributed by atoms with Crippen molar-refractivity contribution in [2.45, 2.75) is 11.4 Å². The molecule has 162 valence electrons. The molecule has 2 aromatic carbocycles. The van der Waals surface area contributed by atoms with Crippen molar-refractivity contribution in [2.24, 2.45) is 10.7 Å². The number of methoxy groups -OCH3 is 2. The zero-order valence-corrected chi connectivity index (χ0v) is 17.3. The molecule has 12 heteroatoms. The molecule has 0 fully saturated rings. The normalized spacial score (nSPS) is 11.7. The maximum atomic E-state index is 12.2. The zero-order valence-electron chi connectivity index (χ0n) is 16.5. The van der Waals surface area contributed by atoms with E-state index in [2.05, 4.69) is 15.0 Å². The lowest BCUT2D eigenvalue weighted by atomic mass is 10.2. The molecule has 0 aliphatic heterocycles. The number of aliphatic imine (C=N–C) groups is 1. The summed E-state index contributed by atoms with van der Waals surface area (Å²) < 4.78 is 37.2. The Kier molecular flexibility index (Phi) is 7.95. The first-order chi connectivity index (χ1) is 14.3. The second-order valence-electron chi connectivity index (χ2n) is 5.97. The molecule has 0 heterocycles. The number of hydrogen-bond donors (Lipinski definition) is 3. The van der Waals surface area contributed by atoms with E-state index in [-0.39, 0.29) is 29.6 Å². The molecule has 0 radical (unpaired) electrons. The molecule has 0 bridgehead atoms. The van der Waals surface area contributed by atoms with Crippen molar-refractivity contribution in [2.75, 3.05) is 27.3 Å². The number of non-ortho nitro benzene ring substituents is 1. The van der Waals surface area contributed by atoms with E-state index in [1.165, 1.54) is 25.3 Å². The molecule has 0 aromatic heterocycles. The van der Waals surface area contributed by atoms with Crippen LogP contribution in [0, 0.1) is 10.1 Å². The predicted molar refractivity (Wildman–Crippen MR) is 111 cm³/mol. The van der Waals surface area contributed by atoms with Gasteiger partial charge in [0.05, 0.1) is 30.6 Å². The van der Waals surface area contributed by atoms with Crippen molar-refractivity contribution in [3.8, 4) is 11.5 Å². The molecule has 2 rings (SSSR count). The Bertz CT molecular complexity index is 1030. The molecular weight excluding hydrogens is 414 g/mol. The highest BCUT2D eigenvalue weighted by molar-refractivity contribution is 7.89. The van der Waals surface area contributed by atoms with Crippen molar-refractivity contribution in [3.05, 3.63) is 58.1 Å². The van der Waals surface area contributed by atoms with Crippen LogP contribution >= 0.6 is 0 Å². The van der Waals surface area contributed by atoms with Gasteiger partial charge in [0.25, 0.3) is 5.69 Å². The van der Waals surface area contributed by atoms with E-state index >= 15 is 0 Å². The maximum Gasteiger partial charge on any atom is 0.270 e. The zero-order chi connectivity index (χ0) is 22.1. The fraction of sp³-hybridized carbons (Fsp3) is 0.278. The van der Waals surface area contributed by atoms with Gasteiger partial charge in [-0.15, -0.1) is 0 Å². The Morgan fingerprint density at radius 1 is 1.13 bits per heavy atom. The molecule has 0 saturated carbocycles. The number of hydrogen-bond acceptors (Lipinski definition) is 7. The van der Waals surface area contributed by atoms with E-state index < -0.39 is 14.9 Å². The summed E-state index contributed by atoms with van der Waals surface area (Å²) in [5.74, 6) is 1.32. The van der Waals surface area contributed by atoms with Crippen LogP contribution in [0.15, 0.2) is 52.4 Å². The van der Waals surface area contributed by atoms with E-state index in [0.29, 0.717) is 18.0 Å². The van der Waals surface area contributed by atoms with Crippen LogP contribution in [-0.4, -0.2) is 46.6 Å². The van der Waals surface area contributed by atoms with Gasteiger partial charge in [0.2, 0.25) is 10.0 Å². The molecule has 0 aliphatic carbocycles. The second-order valence-corrected chi connectivity index (χ2v) is 7.74. The number of nitrogens with zero attached hydrogens (tertiary/aromatic N) is 2. The monoisotopic (exact) mass is 437 g/mol. The minimum Gasteiger partial charge on any atom is -0.493 e. The van der Waals surface area contributed by atoms with E-state index in [1.54, 1.807) is 19.2 Å². The first-order valence-corrected chi connectivity index (χ1v) is 10.2. The number of nitrogens with one attached hydrogen (secondary N) is 2. The molecule has 11 nitrogen and oxygen atoms in total. The molecule has 0 amide bonds.